The Balaban J connectivity index is 1.78. The molecule has 1 amide bonds. The first-order chi connectivity index (χ1) is 14.3. The Hall–Kier alpha value is -3.72. The van der Waals surface area contributed by atoms with E-state index in [9.17, 15) is 4.79 Å². The summed E-state index contributed by atoms with van der Waals surface area (Å²) in [6, 6.07) is 33.6. The van der Waals surface area contributed by atoms with Gasteiger partial charge in [-0.2, -0.15) is 0 Å². The minimum Gasteiger partial charge on any atom is -0.307 e. The van der Waals surface area contributed by atoms with Crippen LogP contribution in [0.25, 0.3) is 0 Å². The van der Waals surface area contributed by atoms with Crippen LogP contribution in [0.1, 0.15) is 22.6 Å². The number of hydrogen-bond donors (Lipinski definition) is 0. The summed E-state index contributed by atoms with van der Waals surface area (Å²) in [6.45, 7) is 0.465. The Labute approximate surface area is 171 Å². The van der Waals surface area contributed by atoms with E-state index in [1.54, 1.807) is 6.20 Å². The van der Waals surface area contributed by atoms with Gasteiger partial charge in [0, 0.05) is 18.1 Å². The van der Waals surface area contributed by atoms with Gasteiger partial charge < -0.3 is 4.90 Å². The fraction of sp³-hybridized carbons (Fsp3) is 0.0769. The molecule has 0 unspecified atom stereocenters. The second-order valence-electron chi connectivity index (χ2n) is 6.88. The number of para-hydroxylation sites is 1. The van der Waals surface area contributed by atoms with Crippen LogP contribution in [0, 0.1) is 0 Å². The fourth-order valence-corrected chi connectivity index (χ4v) is 3.50. The molecule has 1 aromatic heterocycles. The van der Waals surface area contributed by atoms with E-state index in [0.29, 0.717) is 6.54 Å². The van der Waals surface area contributed by atoms with Crippen molar-refractivity contribution < 1.29 is 4.79 Å². The van der Waals surface area contributed by atoms with Crippen LogP contribution >= 0.6 is 0 Å². The van der Waals surface area contributed by atoms with Crippen molar-refractivity contribution >= 4 is 11.6 Å². The summed E-state index contributed by atoms with van der Waals surface area (Å²) >= 11 is 0. The quantitative estimate of drug-likeness (QED) is 0.447. The minimum atomic E-state index is -0.380. The minimum absolute atomic E-state index is 0.0393. The van der Waals surface area contributed by atoms with Crippen LogP contribution in [0.2, 0.25) is 0 Å². The predicted octanol–water partition coefficient (Wildman–Crippen LogP) is 5.45. The van der Waals surface area contributed by atoms with Gasteiger partial charge in [0.2, 0.25) is 5.91 Å². The number of pyridine rings is 1. The van der Waals surface area contributed by atoms with Gasteiger partial charge in [0.15, 0.2) is 0 Å². The van der Waals surface area contributed by atoms with Crippen LogP contribution in [0.3, 0.4) is 0 Å². The van der Waals surface area contributed by atoms with Crippen molar-refractivity contribution in [1.29, 1.82) is 0 Å². The van der Waals surface area contributed by atoms with E-state index in [0.717, 1.165) is 22.4 Å². The number of rotatable bonds is 6. The van der Waals surface area contributed by atoms with Crippen molar-refractivity contribution in [3.63, 3.8) is 0 Å². The third-order valence-corrected chi connectivity index (χ3v) is 4.91. The third kappa shape index (κ3) is 4.41. The van der Waals surface area contributed by atoms with E-state index in [-0.39, 0.29) is 11.8 Å². The van der Waals surface area contributed by atoms with Gasteiger partial charge in [0.05, 0.1) is 12.5 Å². The van der Waals surface area contributed by atoms with Gasteiger partial charge in [-0.25, -0.2) is 0 Å². The Morgan fingerprint density at radius 2 is 1.28 bits per heavy atom. The summed E-state index contributed by atoms with van der Waals surface area (Å²) in [5, 5.41) is 0. The number of aromatic nitrogens is 1. The first-order valence-electron chi connectivity index (χ1n) is 9.68. The standard InChI is InChI=1S/C26H22N2O/c29-26(25(22-12-4-1-5-13-22)23-14-6-2-7-15-23)28(24-16-8-3-9-17-24)20-21-11-10-18-27-19-21/h1-19,25H,20H2. The zero-order valence-electron chi connectivity index (χ0n) is 16.1. The highest BCUT2D eigenvalue weighted by Crippen LogP contribution is 2.30. The molecule has 1 heterocycles. The molecule has 0 N–H and O–H groups in total. The summed E-state index contributed by atoms with van der Waals surface area (Å²) in [5.74, 6) is -0.341. The molecule has 0 fully saturated rings. The second-order valence-corrected chi connectivity index (χ2v) is 6.88. The largest absolute Gasteiger partial charge is 0.307 e. The zero-order valence-corrected chi connectivity index (χ0v) is 16.1. The monoisotopic (exact) mass is 378 g/mol. The Morgan fingerprint density at radius 3 is 1.79 bits per heavy atom. The molecular formula is C26H22N2O. The average Bonchev–Trinajstić information content (AvgIpc) is 2.80. The van der Waals surface area contributed by atoms with E-state index in [1.165, 1.54) is 0 Å². The lowest BCUT2D eigenvalue weighted by Gasteiger charge is -2.28. The Kier molecular flexibility index (Phi) is 5.77. The molecule has 4 aromatic rings. The van der Waals surface area contributed by atoms with Gasteiger partial charge >= 0.3 is 0 Å². The van der Waals surface area contributed by atoms with E-state index in [1.807, 2.05) is 114 Å². The van der Waals surface area contributed by atoms with Crippen molar-refractivity contribution in [2.45, 2.75) is 12.5 Å². The van der Waals surface area contributed by atoms with Crippen LogP contribution in [-0.4, -0.2) is 10.9 Å². The SMILES string of the molecule is O=C(C(c1ccccc1)c1ccccc1)N(Cc1cccnc1)c1ccccc1. The highest BCUT2D eigenvalue weighted by Gasteiger charge is 2.28. The number of carbonyl (C=O) groups is 1. The van der Waals surface area contributed by atoms with Crippen LogP contribution in [0.5, 0.6) is 0 Å². The normalized spacial score (nSPS) is 10.7. The third-order valence-electron chi connectivity index (χ3n) is 4.91. The molecular weight excluding hydrogens is 356 g/mol. The number of anilines is 1. The van der Waals surface area contributed by atoms with Crippen molar-refractivity contribution in [3.05, 3.63) is 132 Å². The number of carbonyl (C=O) groups excluding carboxylic acids is 1. The maximum atomic E-state index is 14.0. The molecule has 0 aliphatic carbocycles. The van der Waals surface area contributed by atoms with Gasteiger partial charge in [0.25, 0.3) is 0 Å². The Bertz CT molecular complexity index is 996. The van der Waals surface area contributed by atoms with Crippen molar-refractivity contribution in [2.24, 2.45) is 0 Å². The van der Waals surface area contributed by atoms with Gasteiger partial charge in [-0.05, 0) is 34.9 Å². The number of amides is 1. The van der Waals surface area contributed by atoms with Crippen LogP contribution < -0.4 is 4.90 Å². The molecule has 29 heavy (non-hydrogen) atoms. The highest BCUT2D eigenvalue weighted by molar-refractivity contribution is 6.00. The summed E-state index contributed by atoms with van der Waals surface area (Å²) in [5.41, 5.74) is 3.83. The molecule has 142 valence electrons. The zero-order chi connectivity index (χ0) is 19.9. The number of benzene rings is 3. The lowest BCUT2D eigenvalue weighted by molar-refractivity contribution is -0.119. The first-order valence-corrected chi connectivity index (χ1v) is 9.68. The smallest absolute Gasteiger partial charge is 0.239 e. The molecule has 0 atom stereocenters. The summed E-state index contributed by atoms with van der Waals surface area (Å²) in [6.07, 6.45) is 3.55. The summed E-state index contributed by atoms with van der Waals surface area (Å²) < 4.78 is 0. The molecule has 4 rings (SSSR count). The molecule has 3 heteroatoms. The van der Waals surface area contributed by atoms with Crippen LogP contribution in [0.15, 0.2) is 116 Å². The molecule has 0 spiro atoms. The maximum absolute atomic E-state index is 14.0. The van der Waals surface area contributed by atoms with Gasteiger partial charge in [-0.3, -0.25) is 9.78 Å². The van der Waals surface area contributed by atoms with Gasteiger partial charge in [-0.1, -0.05) is 84.9 Å². The summed E-state index contributed by atoms with van der Waals surface area (Å²) in [7, 11) is 0. The first kappa shape index (κ1) is 18.6. The number of hydrogen-bond acceptors (Lipinski definition) is 2. The molecule has 0 radical (unpaired) electrons. The van der Waals surface area contributed by atoms with Crippen molar-refractivity contribution in [2.75, 3.05) is 4.90 Å². The molecule has 0 saturated heterocycles. The van der Waals surface area contributed by atoms with Crippen LogP contribution in [0.4, 0.5) is 5.69 Å². The molecule has 0 saturated carbocycles. The van der Waals surface area contributed by atoms with Crippen molar-refractivity contribution in [1.82, 2.24) is 4.98 Å². The molecule has 0 bridgehead atoms. The van der Waals surface area contributed by atoms with E-state index in [4.69, 9.17) is 0 Å². The van der Waals surface area contributed by atoms with E-state index < -0.39 is 0 Å². The van der Waals surface area contributed by atoms with Crippen molar-refractivity contribution in [3.8, 4) is 0 Å². The molecule has 0 aliphatic heterocycles. The predicted molar refractivity (Wildman–Crippen MR) is 117 cm³/mol. The van der Waals surface area contributed by atoms with Gasteiger partial charge in [0.1, 0.15) is 0 Å². The topological polar surface area (TPSA) is 33.2 Å². The number of nitrogens with zero attached hydrogens (tertiary/aromatic N) is 2. The average molecular weight is 378 g/mol. The van der Waals surface area contributed by atoms with E-state index >= 15 is 0 Å². The second kappa shape index (κ2) is 8.98. The molecule has 3 aromatic carbocycles. The molecule has 0 aliphatic rings. The summed E-state index contributed by atoms with van der Waals surface area (Å²) in [4.78, 5) is 20.0. The fourth-order valence-electron chi connectivity index (χ4n) is 3.50. The van der Waals surface area contributed by atoms with Gasteiger partial charge in [-0.15, -0.1) is 0 Å². The Morgan fingerprint density at radius 1 is 0.724 bits per heavy atom. The van der Waals surface area contributed by atoms with Crippen LogP contribution in [-0.2, 0) is 11.3 Å². The maximum Gasteiger partial charge on any atom is 0.239 e. The highest BCUT2D eigenvalue weighted by atomic mass is 16.2. The van der Waals surface area contributed by atoms with E-state index in [2.05, 4.69) is 4.98 Å². The lowest BCUT2D eigenvalue weighted by atomic mass is 9.89. The lowest BCUT2D eigenvalue weighted by Crippen LogP contribution is -2.35. The molecule has 3 nitrogen and oxygen atoms in total.